The van der Waals surface area contributed by atoms with Crippen molar-refractivity contribution in [3.63, 3.8) is 0 Å². The fourth-order valence-corrected chi connectivity index (χ4v) is 3.60. The fourth-order valence-electron chi connectivity index (χ4n) is 3.60. The van der Waals surface area contributed by atoms with Gasteiger partial charge in [0.25, 0.3) is 17.5 Å². The standard InChI is InChI=1S/C19H22F3N7O/c1-18(2,3)14-10-12(25-26-14)15(30)28-8-5-11(6-9-28)13-4-7-23-17-24-16(19(20,21)22)27-29(13)17/h4,7,10-11H,5-6,8-9H2,1-3H3,(H,25,26). The number of hydrogen-bond donors (Lipinski definition) is 1. The molecule has 0 radical (unpaired) electrons. The SMILES string of the molecule is CC(C)(C)c1cc(C(=O)N2CCC(c3ccnc4nc(C(F)(F)F)nn34)CC2)n[nH]1. The van der Waals surface area contributed by atoms with Gasteiger partial charge in [0.05, 0.1) is 5.69 Å². The minimum atomic E-state index is -4.63. The van der Waals surface area contributed by atoms with E-state index >= 15 is 0 Å². The fraction of sp³-hybridized carbons (Fsp3) is 0.526. The smallest absolute Gasteiger partial charge is 0.337 e. The van der Waals surface area contributed by atoms with E-state index in [1.165, 1.54) is 6.20 Å². The number of aromatic nitrogens is 6. The van der Waals surface area contributed by atoms with E-state index in [4.69, 9.17) is 0 Å². The van der Waals surface area contributed by atoms with E-state index in [1.807, 2.05) is 20.8 Å². The lowest BCUT2D eigenvalue weighted by Crippen LogP contribution is -2.38. The van der Waals surface area contributed by atoms with Crippen LogP contribution in [0.5, 0.6) is 0 Å². The number of nitrogens with zero attached hydrogens (tertiary/aromatic N) is 6. The van der Waals surface area contributed by atoms with Crippen LogP contribution < -0.4 is 0 Å². The average molecular weight is 421 g/mol. The molecule has 0 bridgehead atoms. The summed E-state index contributed by atoms with van der Waals surface area (Å²) >= 11 is 0. The van der Waals surface area contributed by atoms with Gasteiger partial charge in [-0.05, 0) is 25.0 Å². The van der Waals surface area contributed by atoms with Crippen molar-refractivity contribution in [2.45, 2.75) is 51.1 Å². The third-order valence-corrected chi connectivity index (χ3v) is 5.33. The maximum absolute atomic E-state index is 13.0. The van der Waals surface area contributed by atoms with Crippen LogP contribution in [0.25, 0.3) is 5.78 Å². The topological polar surface area (TPSA) is 92.1 Å². The number of nitrogens with one attached hydrogen (secondary N) is 1. The van der Waals surface area contributed by atoms with Crippen molar-refractivity contribution in [3.8, 4) is 0 Å². The first kappa shape index (κ1) is 20.3. The zero-order valence-electron chi connectivity index (χ0n) is 16.9. The number of halogens is 3. The van der Waals surface area contributed by atoms with E-state index in [9.17, 15) is 18.0 Å². The molecular formula is C19H22F3N7O. The van der Waals surface area contributed by atoms with E-state index in [1.54, 1.807) is 17.0 Å². The number of aromatic amines is 1. The highest BCUT2D eigenvalue weighted by Crippen LogP contribution is 2.31. The molecule has 0 spiro atoms. The number of amides is 1. The van der Waals surface area contributed by atoms with Crippen molar-refractivity contribution in [1.29, 1.82) is 0 Å². The van der Waals surface area contributed by atoms with Crippen LogP contribution >= 0.6 is 0 Å². The normalized spacial score (nSPS) is 16.4. The van der Waals surface area contributed by atoms with E-state index in [0.29, 0.717) is 37.3 Å². The molecule has 1 aliphatic rings. The van der Waals surface area contributed by atoms with Crippen LogP contribution in [0.15, 0.2) is 18.3 Å². The number of piperidine rings is 1. The lowest BCUT2D eigenvalue weighted by molar-refractivity contribution is -0.144. The Morgan fingerprint density at radius 1 is 1.20 bits per heavy atom. The molecule has 4 heterocycles. The average Bonchev–Trinajstić information content (AvgIpc) is 3.34. The van der Waals surface area contributed by atoms with Crippen molar-refractivity contribution in [3.05, 3.63) is 41.2 Å². The number of carbonyl (C=O) groups is 1. The predicted molar refractivity (Wildman–Crippen MR) is 101 cm³/mol. The molecule has 3 aromatic rings. The first-order valence-electron chi connectivity index (χ1n) is 9.68. The largest absolute Gasteiger partial charge is 0.453 e. The van der Waals surface area contributed by atoms with Gasteiger partial charge in [-0.15, -0.1) is 5.10 Å². The second-order valence-electron chi connectivity index (χ2n) is 8.50. The Kier molecular flexibility index (Phi) is 4.78. The number of alkyl halides is 3. The Balaban J connectivity index is 1.49. The van der Waals surface area contributed by atoms with Gasteiger partial charge in [-0.3, -0.25) is 9.89 Å². The van der Waals surface area contributed by atoms with Gasteiger partial charge in [-0.25, -0.2) is 9.50 Å². The quantitative estimate of drug-likeness (QED) is 0.686. The van der Waals surface area contributed by atoms with Crippen molar-refractivity contribution >= 4 is 11.7 Å². The molecule has 11 heteroatoms. The summed E-state index contributed by atoms with van der Waals surface area (Å²) in [7, 11) is 0. The Labute approximate surface area is 170 Å². The molecule has 0 aromatic carbocycles. The van der Waals surface area contributed by atoms with E-state index in [2.05, 4.69) is 25.3 Å². The number of H-pyrrole nitrogens is 1. The zero-order chi connectivity index (χ0) is 21.7. The Bertz CT molecular complexity index is 1070. The highest BCUT2D eigenvalue weighted by Gasteiger charge is 2.37. The monoisotopic (exact) mass is 421 g/mol. The summed E-state index contributed by atoms with van der Waals surface area (Å²) in [5, 5.41) is 10.7. The summed E-state index contributed by atoms with van der Waals surface area (Å²) in [4.78, 5) is 21.9. The number of likely N-dealkylation sites (tertiary alicyclic amines) is 1. The molecular weight excluding hydrogens is 399 g/mol. The summed E-state index contributed by atoms with van der Waals surface area (Å²) in [6.45, 7) is 7.05. The summed E-state index contributed by atoms with van der Waals surface area (Å²) < 4.78 is 40.0. The third kappa shape index (κ3) is 3.75. The van der Waals surface area contributed by atoms with Crippen LogP contribution in [0.3, 0.4) is 0 Å². The Morgan fingerprint density at radius 2 is 1.90 bits per heavy atom. The van der Waals surface area contributed by atoms with Gasteiger partial charge in [0.2, 0.25) is 0 Å². The molecule has 0 saturated carbocycles. The predicted octanol–water partition coefficient (Wildman–Crippen LogP) is 3.18. The lowest BCUT2D eigenvalue weighted by Gasteiger charge is -2.31. The first-order valence-corrected chi connectivity index (χ1v) is 9.68. The summed E-state index contributed by atoms with van der Waals surface area (Å²) in [5.41, 5.74) is 1.73. The molecule has 160 valence electrons. The van der Waals surface area contributed by atoms with Crippen LogP contribution in [0.1, 0.15) is 67.2 Å². The van der Waals surface area contributed by atoms with Crippen LogP contribution in [-0.4, -0.2) is 53.7 Å². The first-order chi connectivity index (χ1) is 14.0. The third-order valence-electron chi connectivity index (χ3n) is 5.33. The van der Waals surface area contributed by atoms with Gasteiger partial charge < -0.3 is 4.90 Å². The maximum atomic E-state index is 13.0. The lowest BCUT2D eigenvalue weighted by atomic mass is 9.92. The number of fused-ring (bicyclic) bond motifs is 1. The zero-order valence-corrected chi connectivity index (χ0v) is 16.9. The molecule has 3 aromatic heterocycles. The van der Waals surface area contributed by atoms with Crippen molar-refractivity contribution in [2.75, 3.05) is 13.1 Å². The highest BCUT2D eigenvalue weighted by atomic mass is 19.4. The van der Waals surface area contributed by atoms with Crippen LogP contribution in [0.4, 0.5) is 13.2 Å². The van der Waals surface area contributed by atoms with Crippen LogP contribution in [0, 0.1) is 0 Å². The van der Waals surface area contributed by atoms with Gasteiger partial charge >= 0.3 is 6.18 Å². The van der Waals surface area contributed by atoms with Crippen molar-refractivity contribution in [2.24, 2.45) is 0 Å². The van der Waals surface area contributed by atoms with Gasteiger partial charge in [0.1, 0.15) is 5.69 Å². The molecule has 0 unspecified atom stereocenters. The molecule has 1 amide bonds. The minimum absolute atomic E-state index is 0.0494. The van der Waals surface area contributed by atoms with Crippen LogP contribution in [0.2, 0.25) is 0 Å². The molecule has 1 N–H and O–H groups in total. The Hall–Kier alpha value is -2.98. The number of rotatable bonds is 2. The molecule has 30 heavy (non-hydrogen) atoms. The summed E-state index contributed by atoms with van der Waals surface area (Å²) in [5.74, 6) is -1.49. The van der Waals surface area contributed by atoms with Gasteiger partial charge in [0, 0.05) is 36.3 Å². The summed E-state index contributed by atoms with van der Waals surface area (Å²) in [6, 6.07) is 3.43. The summed E-state index contributed by atoms with van der Waals surface area (Å²) in [6.07, 6.45) is -1.99. The minimum Gasteiger partial charge on any atom is -0.337 e. The second-order valence-corrected chi connectivity index (χ2v) is 8.50. The number of hydrogen-bond acceptors (Lipinski definition) is 5. The van der Waals surface area contributed by atoms with E-state index in [-0.39, 0.29) is 23.0 Å². The molecule has 1 saturated heterocycles. The second kappa shape index (κ2) is 7.06. The van der Waals surface area contributed by atoms with Crippen LogP contribution in [-0.2, 0) is 11.6 Å². The molecule has 8 nitrogen and oxygen atoms in total. The molecule has 1 aliphatic heterocycles. The van der Waals surface area contributed by atoms with Crippen molar-refractivity contribution in [1.82, 2.24) is 34.7 Å². The van der Waals surface area contributed by atoms with Gasteiger partial charge in [0.15, 0.2) is 0 Å². The molecule has 1 fully saturated rings. The van der Waals surface area contributed by atoms with Crippen molar-refractivity contribution < 1.29 is 18.0 Å². The number of carbonyl (C=O) groups excluding carboxylic acids is 1. The van der Waals surface area contributed by atoms with E-state index in [0.717, 1.165) is 10.2 Å². The molecule has 0 aliphatic carbocycles. The van der Waals surface area contributed by atoms with Gasteiger partial charge in [-0.2, -0.15) is 23.3 Å². The molecule has 4 rings (SSSR count). The van der Waals surface area contributed by atoms with Gasteiger partial charge in [-0.1, -0.05) is 20.8 Å². The highest BCUT2D eigenvalue weighted by molar-refractivity contribution is 5.92. The van der Waals surface area contributed by atoms with E-state index < -0.39 is 12.0 Å². The molecule has 0 atom stereocenters. The maximum Gasteiger partial charge on any atom is 0.453 e. The Morgan fingerprint density at radius 3 is 2.50 bits per heavy atom.